The second-order valence-electron chi connectivity index (χ2n) is 5.93. The smallest absolute Gasteiger partial charge is 0.227 e. The molecule has 2 aliphatic heterocycles. The molecule has 2 fully saturated rings. The summed E-state index contributed by atoms with van der Waals surface area (Å²) >= 11 is 0. The van der Waals surface area contributed by atoms with Crippen LogP contribution in [0.2, 0.25) is 0 Å². The van der Waals surface area contributed by atoms with Crippen LogP contribution < -0.4 is 10.2 Å². The number of anilines is 1. The number of benzene rings is 1. The number of nitrogens with one attached hydrogen (secondary N) is 1. The van der Waals surface area contributed by atoms with Crippen LogP contribution in [0.3, 0.4) is 0 Å². The minimum absolute atomic E-state index is 0.0144. The van der Waals surface area contributed by atoms with Gasteiger partial charge in [0.2, 0.25) is 11.8 Å². The fraction of sp³-hybridized carbons (Fsp3) is 0.529. The van der Waals surface area contributed by atoms with E-state index in [0.29, 0.717) is 19.4 Å². The lowest BCUT2D eigenvalue weighted by Crippen LogP contribution is -2.32. The number of carbonyl (C=O) groups excluding carboxylic acids is 2. The molecule has 5 nitrogen and oxygen atoms in total. The molecule has 0 aromatic heterocycles. The quantitative estimate of drug-likeness (QED) is 0.900. The molecule has 1 aromatic carbocycles. The van der Waals surface area contributed by atoms with Gasteiger partial charge in [0.1, 0.15) is 0 Å². The predicted molar refractivity (Wildman–Crippen MR) is 83.7 cm³/mol. The predicted octanol–water partition coefficient (Wildman–Crippen LogP) is 1.65. The molecular formula is C17H22N2O3. The Hall–Kier alpha value is -1.88. The van der Waals surface area contributed by atoms with Crippen molar-refractivity contribution in [3.8, 4) is 0 Å². The summed E-state index contributed by atoms with van der Waals surface area (Å²) in [7, 11) is 0. The van der Waals surface area contributed by atoms with Gasteiger partial charge in [-0.25, -0.2) is 0 Å². The van der Waals surface area contributed by atoms with Crippen molar-refractivity contribution >= 4 is 17.5 Å². The van der Waals surface area contributed by atoms with E-state index in [1.165, 1.54) is 0 Å². The molecule has 2 heterocycles. The maximum atomic E-state index is 11.9. The standard InChI is InChI=1S/C17H22N2O3/c20-16(18-12-15-3-2-10-22-15)11-13-5-7-14(8-6-13)19-9-1-4-17(19)21/h5-8,15H,1-4,9-12H2,(H,18,20)/t15-/m0/s1. The molecule has 0 unspecified atom stereocenters. The van der Waals surface area contributed by atoms with Gasteiger partial charge in [0.05, 0.1) is 12.5 Å². The van der Waals surface area contributed by atoms with E-state index in [-0.39, 0.29) is 17.9 Å². The summed E-state index contributed by atoms with van der Waals surface area (Å²) in [6.07, 6.45) is 4.20. The van der Waals surface area contributed by atoms with Crippen LogP contribution in [-0.2, 0) is 20.7 Å². The van der Waals surface area contributed by atoms with Gasteiger partial charge in [-0.2, -0.15) is 0 Å². The molecule has 0 saturated carbocycles. The van der Waals surface area contributed by atoms with Crippen molar-refractivity contribution < 1.29 is 14.3 Å². The lowest BCUT2D eigenvalue weighted by atomic mass is 10.1. The summed E-state index contributed by atoms with van der Waals surface area (Å²) in [5.74, 6) is 0.197. The largest absolute Gasteiger partial charge is 0.376 e. The van der Waals surface area contributed by atoms with E-state index in [1.54, 1.807) is 4.90 Å². The number of hydrogen-bond donors (Lipinski definition) is 1. The zero-order valence-corrected chi connectivity index (χ0v) is 12.7. The lowest BCUT2D eigenvalue weighted by Gasteiger charge is -2.16. The molecule has 3 rings (SSSR count). The normalized spacial score (nSPS) is 21.4. The first-order valence-corrected chi connectivity index (χ1v) is 8.00. The van der Waals surface area contributed by atoms with Crippen LogP contribution >= 0.6 is 0 Å². The Labute approximate surface area is 130 Å². The highest BCUT2D eigenvalue weighted by molar-refractivity contribution is 5.95. The number of carbonyl (C=O) groups is 2. The molecule has 22 heavy (non-hydrogen) atoms. The van der Waals surface area contributed by atoms with Crippen molar-refractivity contribution in [2.45, 2.75) is 38.2 Å². The van der Waals surface area contributed by atoms with Gasteiger partial charge in [-0.3, -0.25) is 9.59 Å². The van der Waals surface area contributed by atoms with Crippen LogP contribution in [0.25, 0.3) is 0 Å². The van der Waals surface area contributed by atoms with Crippen LogP contribution in [0, 0.1) is 0 Å². The van der Waals surface area contributed by atoms with Crippen molar-refractivity contribution in [3.05, 3.63) is 29.8 Å². The van der Waals surface area contributed by atoms with E-state index in [2.05, 4.69) is 5.32 Å². The zero-order valence-electron chi connectivity index (χ0n) is 12.7. The molecule has 5 heteroatoms. The van der Waals surface area contributed by atoms with Crippen LogP contribution in [0.1, 0.15) is 31.2 Å². The van der Waals surface area contributed by atoms with Crippen molar-refractivity contribution in [2.24, 2.45) is 0 Å². The van der Waals surface area contributed by atoms with Crippen LogP contribution in [0.5, 0.6) is 0 Å². The van der Waals surface area contributed by atoms with Gasteiger partial charge in [-0.05, 0) is 37.0 Å². The minimum Gasteiger partial charge on any atom is -0.376 e. The first kappa shape index (κ1) is 15.0. The number of rotatable bonds is 5. The Morgan fingerprint density at radius 2 is 2.09 bits per heavy atom. The van der Waals surface area contributed by atoms with Gasteiger partial charge < -0.3 is 15.0 Å². The Balaban J connectivity index is 1.49. The molecule has 1 atom stereocenters. The van der Waals surface area contributed by atoms with E-state index in [0.717, 1.165) is 43.7 Å². The summed E-state index contributed by atoms with van der Waals surface area (Å²) in [5.41, 5.74) is 1.88. The second kappa shape index (κ2) is 6.92. The highest BCUT2D eigenvalue weighted by Crippen LogP contribution is 2.21. The summed E-state index contributed by atoms with van der Waals surface area (Å²) in [5, 5.41) is 2.92. The molecule has 0 bridgehead atoms. The molecule has 2 amide bonds. The van der Waals surface area contributed by atoms with E-state index in [1.807, 2.05) is 24.3 Å². The Morgan fingerprint density at radius 3 is 2.73 bits per heavy atom. The van der Waals surface area contributed by atoms with E-state index in [9.17, 15) is 9.59 Å². The number of hydrogen-bond acceptors (Lipinski definition) is 3. The number of amides is 2. The third kappa shape index (κ3) is 3.65. The summed E-state index contributed by atoms with van der Waals surface area (Å²) in [6, 6.07) is 7.69. The van der Waals surface area contributed by atoms with Gasteiger partial charge in [0.25, 0.3) is 0 Å². The van der Waals surface area contributed by atoms with Crippen molar-refractivity contribution in [3.63, 3.8) is 0 Å². The number of nitrogens with zero attached hydrogens (tertiary/aromatic N) is 1. The fourth-order valence-corrected chi connectivity index (χ4v) is 3.00. The molecule has 1 N–H and O–H groups in total. The minimum atomic E-state index is 0.0144. The van der Waals surface area contributed by atoms with Crippen LogP contribution in [-0.4, -0.2) is 37.6 Å². The lowest BCUT2D eigenvalue weighted by molar-refractivity contribution is -0.121. The van der Waals surface area contributed by atoms with Gasteiger partial charge in [0, 0.05) is 31.8 Å². The van der Waals surface area contributed by atoms with Crippen LogP contribution in [0.4, 0.5) is 5.69 Å². The summed E-state index contributed by atoms with van der Waals surface area (Å²) in [4.78, 5) is 25.4. The molecule has 0 radical (unpaired) electrons. The maximum Gasteiger partial charge on any atom is 0.227 e. The molecule has 0 spiro atoms. The van der Waals surface area contributed by atoms with Crippen molar-refractivity contribution in [1.29, 1.82) is 0 Å². The molecule has 118 valence electrons. The Kier molecular flexibility index (Phi) is 4.73. The molecule has 1 aromatic rings. The van der Waals surface area contributed by atoms with Gasteiger partial charge in [-0.15, -0.1) is 0 Å². The topological polar surface area (TPSA) is 58.6 Å². The van der Waals surface area contributed by atoms with Crippen molar-refractivity contribution in [1.82, 2.24) is 5.32 Å². The Bertz CT molecular complexity index is 535. The SMILES string of the molecule is O=C(Cc1ccc(N2CCCC2=O)cc1)NC[C@@H]1CCCO1. The average Bonchev–Trinajstić information content (AvgIpc) is 3.17. The second-order valence-corrected chi connectivity index (χ2v) is 5.93. The van der Waals surface area contributed by atoms with E-state index >= 15 is 0 Å². The monoisotopic (exact) mass is 302 g/mol. The first-order chi connectivity index (χ1) is 10.7. The fourth-order valence-electron chi connectivity index (χ4n) is 3.00. The first-order valence-electron chi connectivity index (χ1n) is 8.00. The van der Waals surface area contributed by atoms with Gasteiger partial charge in [-0.1, -0.05) is 12.1 Å². The highest BCUT2D eigenvalue weighted by atomic mass is 16.5. The van der Waals surface area contributed by atoms with Gasteiger partial charge >= 0.3 is 0 Å². The molecule has 2 saturated heterocycles. The summed E-state index contributed by atoms with van der Waals surface area (Å²) in [6.45, 7) is 2.19. The van der Waals surface area contributed by atoms with E-state index in [4.69, 9.17) is 4.74 Å². The highest BCUT2D eigenvalue weighted by Gasteiger charge is 2.21. The molecule has 0 aliphatic carbocycles. The Morgan fingerprint density at radius 1 is 1.27 bits per heavy atom. The third-order valence-corrected chi connectivity index (χ3v) is 4.24. The van der Waals surface area contributed by atoms with Crippen molar-refractivity contribution in [2.75, 3.05) is 24.6 Å². The maximum absolute atomic E-state index is 11.9. The average molecular weight is 302 g/mol. The van der Waals surface area contributed by atoms with Crippen LogP contribution in [0.15, 0.2) is 24.3 Å². The van der Waals surface area contributed by atoms with Gasteiger partial charge in [0.15, 0.2) is 0 Å². The zero-order chi connectivity index (χ0) is 15.4. The third-order valence-electron chi connectivity index (χ3n) is 4.24. The summed E-state index contributed by atoms with van der Waals surface area (Å²) < 4.78 is 5.48. The van der Waals surface area contributed by atoms with E-state index < -0.39 is 0 Å². The number of ether oxygens (including phenoxy) is 1. The molecular weight excluding hydrogens is 280 g/mol. The molecule has 2 aliphatic rings.